The van der Waals surface area contributed by atoms with Gasteiger partial charge >= 0.3 is 0 Å². The van der Waals surface area contributed by atoms with Crippen molar-refractivity contribution in [1.29, 1.82) is 0 Å². The van der Waals surface area contributed by atoms with Crippen LogP contribution < -0.4 is 0 Å². The first-order valence-corrected chi connectivity index (χ1v) is 7.46. The highest BCUT2D eigenvalue weighted by Gasteiger charge is 2.36. The number of benzene rings is 1. The fraction of sp³-hybridized carbons (Fsp3) is 0.412. The van der Waals surface area contributed by atoms with Crippen LogP contribution in [0.4, 0.5) is 0 Å². The van der Waals surface area contributed by atoms with Crippen molar-refractivity contribution in [3.8, 4) is 0 Å². The summed E-state index contributed by atoms with van der Waals surface area (Å²) >= 11 is 0. The summed E-state index contributed by atoms with van der Waals surface area (Å²) in [7, 11) is 0. The van der Waals surface area contributed by atoms with Crippen molar-refractivity contribution in [2.45, 2.75) is 38.8 Å². The van der Waals surface area contributed by atoms with E-state index in [-0.39, 0.29) is 11.4 Å². The van der Waals surface area contributed by atoms with Crippen molar-refractivity contribution in [2.24, 2.45) is 0 Å². The van der Waals surface area contributed by atoms with E-state index in [1.54, 1.807) is 0 Å². The second-order valence-corrected chi connectivity index (χ2v) is 6.09. The Bertz CT molecular complexity index is 630. The Balaban J connectivity index is 1.79. The van der Waals surface area contributed by atoms with Crippen molar-refractivity contribution in [2.75, 3.05) is 6.54 Å². The van der Waals surface area contributed by atoms with Gasteiger partial charge in [-0.25, -0.2) is 0 Å². The molecule has 0 saturated carbocycles. The van der Waals surface area contributed by atoms with Gasteiger partial charge in [0, 0.05) is 19.2 Å². The summed E-state index contributed by atoms with van der Waals surface area (Å²) in [6.45, 7) is 5.74. The number of nitrogens with zero attached hydrogens (tertiary/aromatic N) is 3. The molecule has 1 aromatic heterocycles. The zero-order chi connectivity index (χ0) is 14.9. The molecule has 1 amide bonds. The summed E-state index contributed by atoms with van der Waals surface area (Å²) in [5.74, 6) is 0.234. The topological polar surface area (TPSA) is 38.1 Å². The van der Waals surface area contributed by atoms with Crippen LogP contribution >= 0.6 is 0 Å². The Hall–Kier alpha value is -2.10. The molecule has 4 nitrogen and oxygen atoms in total. The van der Waals surface area contributed by atoms with Crippen LogP contribution in [0.15, 0.2) is 42.6 Å². The van der Waals surface area contributed by atoms with Crippen molar-refractivity contribution >= 4 is 5.91 Å². The lowest BCUT2D eigenvalue weighted by atomic mass is 9.99. The van der Waals surface area contributed by atoms with Crippen LogP contribution in [-0.2, 0) is 16.9 Å². The molecule has 1 aromatic carbocycles. The van der Waals surface area contributed by atoms with Crippen LogP contribution in [0.1, 0.15) is 37.9 Å². The average molecular weight is 283 g/mol. The molecule has 2 heterocycles. The molecular formula is C17H21N3O. The monoisotopic (exact) mass is 283 g/mol. The highest BCUT2D eigenvalue weighted by molar-refractivity contribution is 5.79. The first-order chi connectivity index (χ1) is 10.1. The minimum absolute atomic E-state index is 0.234. The van der Waals surface area contributed by atoms with Crippen LogP contribution in [0.2, 0.25) is 0 Å². The Morgan fingerprint density at radius 1 is 1.19 bits per heavy atom. The third kappa shape index (κ3) is 2.71. The molecule has 0 N–H and O–H groups in total. The minimum Gasteiger partial charge on any atom is -0.332 e. The predicted octanol–water partition coefficient (Wildman–Crippen LogP) is 2.79. The smallest absolute Gasteiger partial charge is 0.223 e. The molecule has 4 heteroatoms. The number of aromatic nitrogens is 2. The number of hydrogen-bond donors (Lipinski definition) is 0. The van der Waals surface area contributed by atoms with E-state index in [9.17, 15) is 4.79 Å². The van der Waals surface area contributed by atoms with E-state index in [1.165, 1.54) is 5.56 Å². The Kier molecular flexibility index (Phi) is 3.53. The summed E-state index contributed by atoms with van der Waals surface area (Å²) in [6.07, 6.45) is 3.60. The summed E-state index contributed by atoms with van der Waals surface area (Å²) in [6, 6.07) is 12.3. The molecule has 0 radical (unpaired) electrons. The van der Waals surface area contributed by atoms with Gasteiger partial charge in [-0.3, -0.25) is 9.48 Å². The largest absolute Gasteiger partial charge is 0.332 e. The summed E-state index contributed by atoms with van der Waals surface area (Å²) in [5.41, 5.74) is 1.84. The van der Waals surface area contributed by atoms with E-state index < -0.39 is 0 Å². The van der Waals surface area contributed by atoms with E-state index in [4.69, 9.17) is 0 Å². The molecule has 21 heavy (non-hydrogen) atoms. The molecule has 2 aromatic rings. The summed E-state index contributed by atoms with van der Waals surface area (Å²) < 4.78 is 1.94. The molecule has 1 aliphatic rings. The molecule has 110 valence electrons. The number of hydrogen-bond acceptors (Lipinski definition) is 2. The van der Waals surface area contributed by atoms with Gasteiger partial charge in [0.25, 0.3) is 0 Å². The van der Waals surface area contributed by atoms with Gasteiger partial charge in [-0.05, 0) is 31.9 Å². The van der Waals surface area contributed by atoms with Crippen LogP contribution in [0.3, 0.4) is 0 Å². The maximum Gasteiger partial charge on any atom is 0.223 e. The summed E-state index contributed by atoms with van der Waals surface area (Å²) in [5, 5.41) is 4.68. The van der Waals surface area contributed by atoms with Gasteiger partial charge in [-0.15, -0.1) is 0 Å². The summed E-state index contributed by atoms with van der Waals surface area (Å²) in [4.78, 5) is 13.9. The van der Waals surface area contributed by atoms with Crippen molar-refractivity contribution in [3.05, 3.63) is 53.9 Å². The molecule has 0 atom stereocenters. The molecule has 1 fully saturated rings. The van der Waals surface area contributed by atoms with Crippen LogP contribution in [0.5, 0.6) is 0 Å². The van der Waals surface area contributed by atoms with Gasteiger partial charge in [0.05, 0.1) is 17.8 Å². The van der Waals surface area contributed by atoms with Crippen LogP contribution in [0.25, 0.3) is 0 Å². The van der Waals surface area contributed by atoms with E-state index in [1.807, 2.05) is 40.0 Å². The van der Waals surface area contributed by atoms with Crippen LogP contribution in [-0.4, -0.2) is 27.1 Å². The van der Waals surface area contributed by atoms with Gasteiger partial charge in [0.2, 0.25) is 5.91 Å². The Morgan fingerprint density at radius 3 is 2.62 bits per heavy atom. The lowest BCUT2D eigenvalue weighted by molar-refractivity contribution is -0.132. The number of likely N-dealkylation sites (tertiary alicyclic amines) is 1. The van der Waals surface area contributed by atoms with E-state index in [0.717, 1.165) is 25.2 Å². The number of amides is 1. The molecule has 0 spiro atoms. The van der Waals surface area contributed by atoms with Gasteiger partial charge < -0.3 is 4.90 Å². The second kappa shape index (κ2) is 5.35. The molecule has 3 rings (SSSR count). The van der Waals surface area contributed by atoms with E-state index >= 15 is 0 Å². The van der Waals surface area contributed by atoms with Crippen molar-refractivity contribution < 1.29 is 4.79 Å². The molecule has 1 saturated heterocycles. The van der Waals surface area contributed by atoms with Gasteiger partial charge in [0.15, 0.2) is 0 Å². The quantitative estimate of drug-likeness (QED) is 0.865. The van der Waals surface area contributed by atoms with Gasteiger partial charge in [-0.1, -0.05) is 30.3 Å². The molecule has 1 aliphatic heterocycles. The van der Waals surface area contributed by atoms with Gasteiger partial charge in [-0.2, -0.15) is 5.10 Å². The molecule has 0 aliphatic carbocycles. The van der Waals surface area contributed by atoms with Crippen molar-refractivity contribution in [3.63, 3.8) is 0 Å². The van der Waals surface area contributed by atoms with Crippen molar-refractivity contribution in [1.82, 2.24) is 14.7 Å². The first-order valence-electron chi connectivity index (χ1n) is 7.46. The Labute approximate surface area is 125 Å². The number of carbonyl (C=O) groups excluding carboxylic acids is 1. The number of rotatable bonds is 4. The number of carbonyl (C=O) groups is 1. The molecule has 0 bridgehead atoms. The second-order valence-electron chi connectivity index (χ2n) is 6.09. The maximum absolute atomic E-state index is 12.0. The van der Waals surface area contributed by atoms with Crippen LogP contribution in [0, 0.1) is 0 Å². The van der Waals surface area contributed by atoms with E-state index in [2.05, 4.69) is 31.1 Å². The third-order valence-corrected chi connectivity index (χ3v) is 4.20. The predicted molar refractivity (Wildman–Crippen MR) is 81.7 cm³/mol. The first kappa shape index (κ1) is 13.9. The normalized spacial score (nSPS) is 15.7. The lowest BCUT2D eigenvalue weighted by Gasteiger charge is -2.34. The molecule has 0 unspecified atom stereocenters. The highest BCUT2D eigenvalue weighted by Crippen LogP contribution is 2.30. The zero-order valence-corrected chi connectivity index (χ0v) is 12.6. The lowest BCUT2D eigenvalue weighted by Crippen LogP contribution is -2.42. The van der Waals surface area contributed by atoms with Gasteiger partial charge in [0.1, 0.15) is 0 Å². The highest BCUT2D eigenvalue weighted by atomic mass is 16.2. The molecular weight excluding hydrogens is 262 g/mol. The average Bonchev–Trinajstić information content (AvgIpc) is 3.09. The zero-order valence-electron chi connectivity index (χ0n) is 12.6. The fourth-order valence-electron chi connectivity index (χ4n) is 2.92. The Morgan fingerprint density at radius 2 is 1.95 bits per heavy atom. The fourth-order valence-corrected chi connectivity index (χ4v) is 2.92. The SMILES string of the molecule is CC(C)(c1ccn(Cc2ccccc2)n1)N1CCCC1=O. The standard InChI is InChI=1S/C17H21N3O/c1-17(2,20-11-6-9-16(20)21)15-10-12-19(18-15)13-14-7-4-3-5-8-14/h3-5,7-8,10,12H,6,9,11,13H2,1-2H3. The third-order valence-electron chi connectivity index (χ3n) is 4.20. The maximum atomic E-state index is 12.0. The minimum atomic E-state index is -0.338. The van der Waals surface area contributed by atoms with E-state index in [0.29, 0.717) is 6.42 Å².